The van der Waals surface area contributed by atoms with Crippen LogP contribution in [0.1, 0.15) is 23.6 Å². The lowest BCUT2D eigenvalue weighted by Gasteiger charge is -2.17. The molecule has 0 aliphatic heterocycles. The number of hydrogen-bond acceptors (Lipinski definition) is 4. The Morgan fingerprint density at radius 1 is 1.08 bits per heavy atom. The van der Waals surface area contributed by atoms with Crippen molar-refractivity contribution in [3.8, 4) is 0 Å². The van der Waals surface area contributed by atoms with Gasteiger partial charge in [-0.25, -0.2) is 8.42 Å². The molecule has 0 aliphatic rings. The number of carboxylic acids is 1. The summed E-state index contributed by atoms with van der Waals surface area (Å²) < 4.78 is 24.8. The molecule has 0 aliphatic carbocycles. The topological polar surface area (TPSA) is 95.5 Å². The second-order valence-corrected chi connectivity index (χ2v) is 7.26. The van der Waals surface area contributed by atoms with Gasteiger partial charge in [-0.15, -0.1) is 0 Å². The van der Waals surface area contributed by atoms with Crippen LogP contribution in [0.25, 0.3) is 0 Å². The largest absolute Gasteiger partial charge is 0.481 e. The molecule has 3 N–H and O–H groups in total. The second-order valence-electron chi connectivity index (χ2n) is 5.51. The lowest BCUT2D eigenvalue weighted by Crippen LogP contribution is -2.23. The molecule has 0 fully saturated rings. The van der Waals surface area contributed by atoms with Crippen LogP contribution in [0.3, 0.4) is 0 Å². The first kappa shape index (κ1) is 18.0. The van der Waals surface area contributed by atoms with Gasteiger partial charge in [0.05, 0.1) is 12.7 Å². The Kier molecular flexibility index (Phi) is 5.94. The fourth-order valence-electron chi connectivity index (χ4n) is 2.31. The van der Waals surface area contributed by atoms with Crippen molar-refractivity contribution in [1.29, 1.82) is 0 Å². The van der Waals surface area contributed by atoms with E-state index in [-0.39, 0.29) is 12.5 Å². The summed E-state index contributed by atoms with van der Waals surface area (Å²) in [4.78, 5) is 11.1. The van der Waals surface area contributed by atoms with Crippen LogP contribution >= 0.6 is 0 Å². The van der Waals surface area contributed by atoms with E-state index in [9.17, 15) is 13.2 Å². The molecule has 128 valence electrons. The minimum absolute atomic E-state index is 0.0161. The first-order valence-corrected chi connectivity index (χ1v) is 9.29. The Morgan fingerprint density at radius 3 is 2.25 bits per heavy atom. The van der Waals surface area contributed by atoms with Crippen molar-refractivity contribution in [2.75, 3.05) is 11.0 Å². The number of sulfonamides is 1. The van der Waals surface area contributed by atoms with E-state index >= 15 is 0 Å². The molecule has 2 aromatic rings. The smallest absolute Gasteiger partial charge is 0.305 e. The van der Waals surface area contributed by atoms with E-state index < -0.39 is 16.0 Å². The Bertz CT molecular complexity index is 774. The molecule has 7 heteroatoms. The van der Waals surface area contributed by atoms with Gasteiger partial charge in [0, 0.05) is 18.3 Å². The van der Waals surface area contributed by atoms with Crippen LogP contribution in [-0.2, 0) is 21.4 Å². The van der Waals surface area contributed by atoms with E-state index in [2.05, 4.69) is 10.0 Å². The van der Waals surface area contributed by atoms with Gasteiger partial charge in [-0.1, -0.05) is 42.5 Å². The quantitative estimate of drug-likeness (QED) is 0.681. The predicted molar refractivity (Wildman–Crippen MR) is 93.2 cm³/mol. The summed E-state index contributed by atoms with van der Waals surface area (Å²) in [5.74, 6) is -0.871. The third-order valence-electron chi connectivity index (χ3n) is 3.39. The molecule has 1 atom stereocenters. The molecule has 0 saturated carbocycles. The van der Waals surface area contributed by atoms with Crippen LogP contribution in [0.5, 0.6) is 0 Å². The summed E-state index contributed by atoms with van der Waals surface area (Å²) in [5.41, 5.74) is 2.34. The Balaban J connectivity index is 2.02. The number of rotatable bonds is 8. The highest BCUT2D eigenvalue weighted by molar-refractivity contribution is 7.92. The Labute approximate surface area is 141 Å². The van der Waals surface area contributed by atoms with Gasteiger partial charge < -0.3 is 10.4 Å². The molecule has 0 saturated heterocycles. The lowest BCUT2D eigenvalue weighted by atomic mass is 10.0. The zero-order valence-corrected chi connectivity index (χ0v) is 14.1. The van der Waals surface area contributed by atoms with Crippen molar-refractivity contribution in [3.05, 3.63) is 65.7 Å². The molecular weight excluding hydrogens is 328 g/mol. The third-order valence-corrected chi connectivity index (χ3v) is 4.00. The zero-order chi connectivity index (χ0) is 17.6. The second kappa shape index (κ2) is 7.94. The monoisotopic (exact) mass is 348 g/mol. The third kappa shape index (κ3) is 6.02. The average Bonchev–Trinajstić information content (AvgIpc) is 2.52. The molecular formula is C17H20N2O4S. The molecule has 0 spiro atoms. The van der Waals surface area contributed by atoms with Gasteiger partial charge in [-0.2, -0.15) is 0 Å². The van der Waals surface area contributed by atoms with Gasteiger partial charge in [-0.05, 0) is 23.3 Å². The van der Waals surface area contributed by atoms with Crippen LogP contribution in [0, 0.1) is 0 Å². The minimum atomic E-state index is -3.30. The van der Waals surface area contributed by atoms with E-state index in [1.807, 2.05) is 30.3 Å². The van der Waals surface area contributed by atoms with Gasteiger partial charge >= 0.3 is 5.97 Å². The van der Waals surface area contributed by atoms with Crippen molar-refractivity contribution >= 4 is 21.7 Å². The Morgan fingerprint density at radius 2 is 1.71 bits per heavy atom. The average molecular weight is 348 g/mol. The van der Waals surface area contributed by atoms with Crippen molar-refractivity contribution in [2.45, 2.75) is 19.0 Å². The molecule has 2 aromatic carbocycles. The molecule has 0 aromatic heterocycles. The first-order valence-electron chi connectivity index (χ1n) is 7.40. The van der Waals surface area contributed by atoms with Crippen LogP contribution in [0.4, 0.5) is 5.69 Å². The molecule has 24 heavy (non-hydrogen) atoms. The number of carboxylic acid groups (broad SMARTS) is 1. The summed E-state index contributed by atoms with van der Waals surface area (Å²) in [6.07, 6.45) is 1.08. The van der Waals surface area contributed by atoms with Crippen molar-refractivity contribution in [1.82, 2.24) is 5.32 Å². The van der Waals surface area contributed by atoms with Crippen LogP contribution in [0.2, 0.25) is 0 Å². The SMILES string of the molecule is CS(=O)(=O)Nc1ccc(CNC(CC(=O)O)c2ccccc2)cc1. The van der Waals surface area contributed by atoms with E-state index in [0.717, 1.165) is 17.4 Å². The summed E-state index contributed by atoms with van der Waals surface area (Å²) in [5, 5.41) is 12.3. The highest BCUT2D eigenvalue weighted by atomic mass is 32.2. The minimum Gasteiger partial charge on any atom is -0.481 e. The highest BCUT2D eigenvalue weighted by Gasteiger charge is 2.14. The van der Waals surface area contributed by atoms with Crippen LogP contribution < -0.4 is 10.0 Å². The number of aliphatic carboxylic acids is 1. The van der Waals surface area contributed by atoms with Crippen molar-refractivity contribution in [3.63, 3.8) is 0 Å². The maximum atomic E-state index is 11.2. The molecule has 0 heterocycles. The summed E-state index contributed by atoms with van der Waals surface area (Å²) in [6.45, 7) is 0.478. The fraction of sp³-hybridized carbons (Fsp3) is 0.235. The van der Waals surface area contributed by atoms with E-state index in [0.29, 0.717) is 12.2 Å². The normalized spacial score (nSPS) is 12.5. The lowest BCUT2D eigenvalue weighted by molar-refractivity contribution is -0.137. The molecule has 6 nitrogen and oxygen atoms in total. The zero-order valence-electron chi connectivity index (χ0n) is 13.3. The molecule has 1 unspecified atom stereocenters. The van der Waals surface area contributed by atoms with E-state index in [1.165, 1.54) is 0 Å². The summed E-state index contributed by atoms with van der Waals surface area (Å²) in [6, 6.07) is 16.0. The van der Waals surface area contributed by atoms with Crippen molar-refractivity contribution in [2.24, 2.45) is 0 Å². The number of anilines is 1. The molecule has 2 rings (SSSR count). The van der Waals surface area contributed by atoms with Gasteiger partial charge in [-0.3, -0.25) is 9.52 Å². The molecule has 0 radical (unpaired) electrons. The highest BCUT2D eigenvalue weighted by Crippen LogP contribution is 2.18. The van der Waals surface area contributed by atoms with Gasteiger partial charge in [0.1, 0.15) is 0 Å². The predicted octanol–water partition coefficient (Wildman–Crippen LogP) is 2.36. The number of benzene rings is 2. The van der Waals surface area contributed by atoms with Crippen LogP contribution in [-0.4, -0.2) is 25.7 Å². The maximum absolute atomic E-state index is 11.2. The summed E-state index contributed by atoms with van der Waals surface area (Å²) in [7, 11) is -3.30. The van der Waals surface area contributed by atoms with Crippen LogP contribution in [0.15, 0.2) is 54.6 Å². The first-order chi connectivity index (χ1) is 11.3. The van der Waals surface area contributed by atoms with Gasteiger partial charge in [0.2, 0.25) is 10.0 Å². The number of nitrogens with one attached hydrogen (secondary N) is 2. The van der Waals surface area contributed by atoms with E-state index in [1.54, 1.807) is 24.3 Å². The fourth-order valence-corrected chi connectivity index (χ4v) is 2.88. The number of carbonyl (C=O) groups is 1. The van der Waals surface area contributed by atoms with E-state index in [4.69, 9.17) is 5.11 Å². The van der Waals surface area contributed by atoms with Crippen molar-refractivity contribution < 1.29 is 18.3 Å². The van der Waals surface area contributed by atoms with Gasteiger partial charge in [0.15, 0.2) is 0 Å². The maximum Gasteiger partial charge on any atom is 0.305 e. The summed E-state index contributed by atoms with van der Waals surface area (Å²) >= 11 is 0. The molecule has 0 amide bonds. The Hall–Kier alpha value is -2.38. The van der Waals surface area contributed by atoms with Gasteiger partial charge in [0.25, 0.3) is 0 Å². The standard InChI is InChI=1S/C17H20N2O4S/c1-24(22,23)19-15-9-7-13(8-10-15)12-18-16(11-17(20)21)14-5-3-2-4-6-14/h2-10,16,18-19H,11-12H2,1H3,(H,20,21). The molecule has 0 bridgehead atoms. The number of hydrogen-bond donors (Lipinski definition) is 3.